The van der Waals surface area contributed by atoms with Crippen molar-refractivity contribution < 1.29 is 14.7 Å². The molecule has 1 aliphatic rings. The molecule has 0 aliphatic carbocycles. The van der Waals surface area contributed by atoms with Crippen LogP contribution < -0.4 is 5.32 Å². The third kappa shape index (κ3) is 3.87. The van der Waals surface area contributed by atoms with Gasteiger partial charge in [0.05, 0.1) is 11.3 Å². The minimum atomic E-state index is -1.07. The second-order valence-corrected chi connectivity index (χ2v) is 7.07. The Morgan fingerprint density at radius 1 is 1.10 bits per heavy atom. The number of nitrogens with zero attached hydrogens (tertiary/aromatic N) is 4. The van der Waals surface area contributed by atoms with Crippen LogP contribution in [0.1, 0.15) is 51.6 Å². The van der Waals surface area contributed by atoms with Gasteiger partial charge in [-0.25, -0.2) is 9.78 Å². The number of amides is 1. The average molecular weight is 391 g/mol. The molecule has 3 aromatic rings. The monoisotopic (exact) mass is 391 g/mol. The van der Waals surface area contributed by atoms with Crippen molar-refractivity contribution >= 4 is 17.6 Å². The van der Waals surface area contributed by atoms with Gasteiger partial charge in [-0.3, -0.25) is 4.79 Å². The maximum atomic E-state index is 12.6. The van der Waals surface area contributed by atoms with Crippen molar-refractivity contribution in [2.24, 2.45) is 0 Å². The van der Waals surface area contributed by atoms with Crippen molar-refractivity contribution in [1.82, 2.24) is 19.7 Å². The van der Waals surface area contributed by atoms with Crippen LogP contribution in [0.4, 0.5) is 5.69 Å². The van der Waals surface area contributed by atoms with Crippen LogP contribution in [-0.2, 0) is 13.0 Å². The van der Waals surface area contributed by atoms with E-state index in [0.717, 1.165) is 43.0 Å². The summed E-state index contributed by atoms with van der Waals surface area (Å²) >= 11 is 0. The number of aryl methyl sites for hydroxylation is 2. The SMILES string of the molecule is Cc1nc(C(=O)Nc2cccc(-c3nnc4n3CCCCC4)c2)ccc1C(=O)O. The normalized spacial score (nSPS) is 13.4. The molecule has 0 fully saturated rings. The number of hydrogen-bond acceptors (Lipinski definition) is 5. The van der Waals surface area contributed by atoms with E-state index in [0.29, 0.717) is 11.4 Å². The summed E-state index contributed by atoms with van der Waals surface area (Å²) in [5.74, 6) is 0.340. The lowest BCUT2D eigenvalue weighted by molar-refractivity contribution is 0.0695. The zero-order valence-corrected chi connectivity index (χ0v) is 16.1. The van der Waals surface area contributed by atoms with Gasteiger partial charge in [0.25, 0.3) is 5.91 Å². The number of pyridine rings is 1. The summed E-state index contributed by atoms with van der Waals surface area (Å²) in [6.07, 6.45) is 4.35. The Bertz CT molecular complexity index is 1090. The summed E-state index contributed by atoms with van der Waals surface area (Å²) in [5, 5.41) is 20.6. The number of rotatable bonds is 4. The lowest BCUT2D eigenvalue weighted by Crippen LogP contribution is -2.15. The Labute approximate surface area is 167 Å². The lowest BCUT2D eigenvalue weighted by atomic mass is 10.1. The summed E-state index contributed by atoms with van der Waals surface area (Å²) in [6, 6.07) is 10.3. The summed E-state index contributed by atoms with van der Waals surface area (Å²) < 4.78 is 2.16. The van der Waals surface area contributed by atoms with Gasteiger partial charge in [0, 0.05) is 24.2 Å². The number of carboxylic acids is 1. The molecule has 8 nitrogen and oxygen atoms in total. The summed E-state index contributed by atoms with van der Waals surface area (Å²) in [7, 11) is 0. The van der Waals surface area contributed by atoms with Crippen LogP contribution in [0.15, 0.2) is 36.4 Å². The van der Waals surface area contributed by atoms with Crippen molar-refractivity contribution in [3.8, 4) is 11.4 Å². The van der Waals surface area contributed by atoms with E-state index in [1.165, 1.54) is 18.6 Å². The number of aromatic carboxylic acids is 1. The van der Waals surface area contributed by atoms with E-state index < -0.39 is 11.9 Å². The van der Waals surface area contributed by atoms with Crippen LogP contribution in [0.2, 0.25) is 0 Å². The number of carbonyl (C=O) groups excluding carboxylic acids is 1. The first-order valence-corrected chi connectivity index (χ1v) is 9.58. The molecular formula is C21H21N5O3. The molecule has 0 saturated carbocycles. The first-order valence-electron chi connectivity index (χ1n) is 9.58. The molecule has 0 saturated heterocycles. The number of aromatic nitrogens is 4. The van der Waals surface area contributed by atoms with Crippen molar-refractivity contribution in [3.63, 3.8) is 0 Å². The smallest absolute Gasteiger partial charge is 0.337 e. The Hall–Kier alpha value is -3.55. The van der Waals surface area contributed by atoms with E-state index >= 15 is 0 Å². The van der Waals surface area contributed by atoms with Gasteiger partial charge in [-0.05, 0) is 44.0 Å². The van der Waals surface area contributed by atoms with Gasteiger partial charge in [0.2, 0.25) is 0 Å². The molecular weight excluding hydrogens is 370 g/mol. The second-order valence-electron chi connectivity index (χ2n) is 7.07. The van der Waals surface area contributed by atoms with Crippen LogP contribution in [-0.4, -0.2) is 36.7 Å². The van der Waals surface area contributed by atoms with Crippen LogP contribution in [0, 0.1) is 6.92 Å². The largest absolute Gasteiger partial charge is 0.478 e. The molecule has 0 unspecified atom stereocenters. The van der Waals surface area contributed by atoms with E-state index in [-0.39, 0.29) is 11.3 Å². The van der Waals surface area contributed by atoms with Gasteiger partial charge in [-0.1, -0.05) is 18.6 Å². The highest BCUT2D eigenvalue weighted by Crippen LogP contribution is 2.25. The molecule has 1 aromatic carbocycles. The molecule has 0 spiro atoms. The molecule has 3 heterocycles. The number of carboxylic acid groups (broad SMARTS) is 1. The zero-order valence-electron chi connectivity index (χ0n) is 16.1. The minimum absolute atomic E-state index is 0.0797. The standard InChI is InChI=1S/C21H21N5O3/c1-13-16(21(28)29)9-10-17(22-13)20(27)23-15-7-5-6-14(12-15)19-25-24-18-8-3-2-4-11-26(18)19/h5-7,9-10,12H,2-4,8,11H2,1H3,(H,23,27)(H,28,29). The van der Waals surface area contributed by atoms with E-state index in [9.17, 15) is 9.59 Å². The highest BCUT2D eigenvalue weighted by Gasteiger charge is 2.17. The van der Waals surface area contributed by atoms with Crippen LogP contribution in [0.3, 0.4) is 0 Å². The van der Waals surface area contributed by atoms with Crippen molar-refractivity contribution in [2.45, 2.75) is 39.2 Å². The predicted molar refractivity (Wildman–Crippen MR) is 107 cm³/mol. The van der Waals surface area contributed by atoms with Crippen molar-refractivity contribution in [2.75, 3.05) is 5.32 Å². The molecule has 0 radical (unpaired) electrons. The van der Waals surface area contributed by atoms with Gasteiger partial charge < -0.3 is 15.0 Å². The van der Waals surface area contributed by atoms with Gasteiger partial charge in [-0.2, -0.15) is 0 Å². The average Bonchev–Trinajstić information content (AvgIpc) is 2.96. The number of benzene rings is 1. The van der Waals surface area contributed by atoms with E-state index in [1.54, 1.807) is 13.0 Å². The Morgan fingerprint density at radius 3 is 2.76 bits per heavy atom. The maximum absolute atomic E-state index is 12.6. The minimum Gasteiger partial charge on any atom is -0.478 e. The quantitative estimate of drug-likeness (QED) is 0.706. The highest BCUT2D eigenvalue weighted by molar-refractivity contribution is 6.03. The van der Waals surface area contributed by atoms with E-state index in [2.05, 4.69) is 25.1 Å². The van der Waals surface area contributed by atoms with Gasteiger partial charge in [0.15, 0.2) is 5.82 Å². The fourth-order valence-corrected chi connectivity index (χ4v) is 3.54. The van der Waals surface area contributed by atoms with E-state index in [1.807, 2.05) is 18.2 Å². The molecule has 148 valence electrons. The maximum Gasteiger partial charge on any atom is 0.337 e. The molecule has 4 rings (SSSR count). The molecule has 29 heavy (non-hydrogen) atoms. The Kier molecular flexibility index (Phi) is 5.07. The summed E-state index contributed by atoms with van der Waals surface area (Å²) in [5.41, 5.74) is 2.03. The summed E-state index contributed by atoms with van der Waals surface area (Å²) in [6.45, 7) is 2.46. The third-order valence-corrected chi connectivity index (χ3v) is 5.04. The van der Waals surface area contributed by atoms with Crippen molar-refractivity contribution in [1.29, 1.82) is 0 Å². The molecule has 0 bridgehead atoms. The Balaban J connectivity index is 1.57. The third-order valence-electron chi connectivity index (χ3n) is 5.04. The highest BCUT2D eigenvalue weighted by atomic mass is 16.4. The lowest BCUT2D eigenvalue weighted by Gasteiger charge is -2.10. The number of fused-ring (bicyclic) bond motifs is 1. The first kappa shape index (κ1) is 18.8. The second kappa shape index (κ2) is 7.83. The zero-order chi connectivity index (χ0) is 20.4. The van der Waals surface area contributed by atoms with Crippen molar-refractivity contribution in [3.05, 3.63) is 59.2 Å². The van der Waals surface area contributed by atoms with Crippen LogP contribution in [0.25, 0.3) is 11.4 Å². The van der Waals surface area contributed by atoms with Gasteiger partial charge in [0.1, 0.15) is 11.5 Å². The molecule has 2 aromatic heterocycles. The molecule has 8 heteroatoms. The number of nitrogens with one attached hydrogen (secondary N) is 1. The van der Waals surface area contributed by atoms with Gasteiger partial charge in [-0.15, -0.1) is 10.2 Å². The number of carbonyl (C=O) groups is 2. The predicted octanol–water partition coefficient (Wildman–Crippen LogP) is 3.33. The fourth-order valence-electron chi connectivity index (χ4n) is 3.54. The van der Waals surface area contributed by atoms with E-state index in [4.69, 9.17) is 5.11 Å². The molecule has 0 atom stereocenters. The number of anilines is 1. The molecule has 1 amide bonds. The fraction of sp³-hybridized carbons (Fsp3) is 0.286. The van der Waals surface area contributed by atoms with Crippen LogP contribution in [0.5, 0.6) is 0 Å². The van der Waals surface area contributed by atoms with Gasteiger partial charge >= 0.3 is 5.97 Å². The van der Waals surface area contributed by atoms with Crippen LogP contribution >= 0.6 is 0 Å². The molecule has 2 N–H and O–H groups in total. The summed E-state index contributed by atoms with van der Waals surface area (Å²) in [4.78, 5) is 27.8. The first-order chi connectivity index (χ1) is 14.0. The molecule has 1 aliphatic heterocycles. The number of hydrogen-bond donors (Lipinski definition) is 2. The Morgan fingerprint density at radius 2 is 1.97 bits per heavy atom. The topological polar surface area (TPSA) is 110 Å².